The number of hydrogen-bond acceptors (Lipinski definition) is 5. The van der Waals surface area contributed by atoms with Crippen molar-refractivity contribution in [3.05, 3.63) is 47.6 Å². The standard InChI is InChI=1S/C20H25N3O3/c24-19(11-8-15-5-2-1-3-6-15)23-12-4-7-17(13-23)25-14-18-21-20(22-26-18)16-9-10-16/h1-3,5-6,16-17H,4,7-14H2/t17-/m1/s1. The molecule has 1 aliphatic carbocycles. The molecule has 2 aromatic rings. The molecule has 1 aromatic heterocycles. The average molecular weight is 355 g/mol. The molecule has 1 amide bonds. The van der Waals surface area contributed by atoms with E-state index in [4.69, 9.17) is 9.26 Å². The van der Waals surface area contributed by atoms with Crippen molar-refractivity contribution >= 4 is 5.91 Å². The number of hydrogen-bond donors (Lipinski definition) is 0. The minimum atomic E-state index is 0.0423. The van der Waals surface area contributed by atoms with E-state index in [9.17, 15) is 4.79 Å². The number of ether oxygens (including phenoxy) is 1. The number of aryl methyl sites for hydroxylation is 1. The fourth-order valence-corrected chi connectivity index (χ4v) is 3.38. The first-order valence-corrected chi connectivity index (χ1v) is 9.54. The van der Waals surface area contributed by atoms with Gasteiger partial charge in [-0.3, -0.25) is 4.79 Å². The summed E-state index contributed by atoms with van der Waals surface area (Å²) >= 11 is 0. The van der Waals surface area contributed by atoms with Gasteiger partial charge in [-0.25, -0.2) is 0 Å². The molecule has 2 aliphatic rings. The molecule has 4 rings (SSSR count). The van der Waals surface area contributed by atoms with Gasteiger partial charge in [0.1, 0.15) is 6.61 Å². The van der Waals surface area contributed by atoms with Crippen LogP contribution in [0.3, 0.4) is 0 Å². The second-order valence-corrected chi connectivity index (χ2v) is 7.22. The Morgan fingerprint density at radius 1 is 1.23 bits per heavy atom. The molecule has 1 atom stereocenters. The van der Waals surface area contributed by atoms with Gasteiger partial charge in [-0.1, -0.05) is 35.5 Å². The van der Waals surface area contributed by atoms with Gasteiger partial charge in [-0.15, -0.1) is 0 Å². The highest BCUT2D eigenvalue weighted by Gasteiger charge is 2.29. The van der Waals surface area contributed by atoms with Crippen LogP contribution in [0, 0.1) is 0 Å². The van der Waals surface area contributed by atoms with E-state index in [2.05, 4.69) is 22.3 Å². The van der Waals surface area contributed by atoms with Crippen molar-refractivity contribution in [3.63, 3.8) is 0 Å². The lowest BCUT2D eigenvalue weighted by Gasteiger charge is -2.32. The highest BCUT2D eigenvalue weighted by molar-refractivity contribution is 5.76. The third-order valence-electron chi connectivity index (χ3n) is 5.07. The number of likely N-dealkylation sites (tertiary alicyclic amines) is 1. The van der Waals surface area contributed by atoms with Crippen LogP contribution < -0.4 is 0 Å². The number of amides is 1. The lowest BCUT2D eigenvalue weighted by atomic mass is 10.1. The Morgan fingerprint density at radius 3 is 2.88 bits per heavy atom. The van der Waals surface area contributed by atoms with Gasteiger partial charge < -0.3 is 14.2 Å². The summed E-state index contributed by atoms with van der Waals surface area (Å²) in [6.07, 6.45) is 5.62. The molecule has 1 saturated carbocycles. The zero-order chi connectivity index (χ0) is 17.8. The van der Waals surface area contributed by atoms with Crippen LogP contribution in [0.25, 0.3) is 0 Å². The third kappa shape index (κ3) is 4.49. The summed E-state index contributed by atoms with van der Waals surface area (Å²) < 4.78 is 11.2. The van der Waals surface area contributed by atoms with E-state index < -0.39 is 0 Å². The molecule has 1 aromatic carbocycles. The molecule has 0 bridgehead atoms. The Balaban J connectivity index is 1.23. The number of piperidine rings is 1. The number of carbonyl (C=O) groups is 1. The van der Waals surface area contributed by atoms with Crippen molar-refractivity contribution < 1.29 is 14.1 Å². The Labute approximate surface area is 153 Å². The van der Waals surface area contributed by atoms with Crippen LogP contribution in [0.2, 0.25) is 0 Å². The van der Waals surface area contributed by atoms with Crippen LogP contribution in [0.15, 0.2) is 34.9 Å². The Hall–Kier alpha value is -2.21. The lowest BCUT2D eigenvalue weighted by Crippen LogP contribution is -2.43. The number of aromatic nitrogens is 2. The predicted molar refractivity (Wildman–Crippen MR) is 95.4 cm³/mol. The summed E-state index contributed by atoms with van der Waals surface area (Å²) in [5.41, 5.74) is 1.20. The highest BCUT2D eigenvalue weighted by Crippen LogP contribution is 2.38. The third-order valence-corrected chi connectivity index (χ3v) is 5.07. The minimum absolute atomic E-state index is 0.0423. The van der Waals surface area contributed by atoms with E-state index in [0.717, 1.165) is 44.5 Å². The predicted octanol–water partition coefficient (Wildman–Crippen LogP) is 3.09. The van der Waals surface area contributed by atoms with Gasteiger partial charge in [0.25, 0.3) is 5.89 Å². The summed E-state index contributed by atoms with van der Waals surface area (Å²) in [6, 6.07) is 10.1. The highest BCUT2D eigenvalue weighted by atomic mass is 16.5. The number of rotatable bonds is 7. The summed E-state index contributed by atoms with van der Waals surface area (Å²) in [4.78, 5) is 18.8. The smallest absolute Gasteiger partial charge is 0.252 e. The van der Waals surface area contributed by atoms with E-state index in [1.54, 1.807) is 0 Å². The molecule has 1 saturated heterocycles. The van der Waals surface area contributed by atoms with Crippen LogP contribution in [0.4, 0.5) is 0 Å². The lowest BCUT2D eigenvalue weighted by molar-refractivity contribution is -0.135. The number of benzene rings is 1. The molecule has 1 aliphatic heterocycles. The first-order chi connectivity index (χ1) is 12.8. The maximum Gasteiger partial charge on any atom is 0.252 e. The largest absolute Gasteiger partial charge is 0.367 e. The molecule has 2 fully saturated rings. The molecule has 0 radical (unpaired) electrons. The monoisotopic (exact) mass is 355 g/mol. The second kappa shape index (κ2) is 7.99. The SMILES string of the molecule is O=C(CCc1ccccc1)N1CCC[C@@H](OCc2nc(C3CC3)no2)C1. The van der Waals surface area contributed by atoms with Crippen molar-refractivity contribution in [1.82, 2.24) is 15.0 Å². The van der Waals surface area contributed by atoms with Gasteiger partial charge in [0.05, 0.1) is 6.10 Å². The molecule has 6 heteroatoms. The fourth-order valence-electron chi connectivity index (χ4n) is 3.38. The van der Waals surface area contributed by atoms with Crippen molar-refractivity contribution in [2.45, 2.75) is 57.2 Å². The normalized spacial score (nSPS) is 20.3. The quantitative estimate of drug-likeness (QED) is 0.763. The second-order valence-electron chi connectivity index (χ2n) is 7.22. The first-order valence-electron chi connectivity index (χ1n) is 9.54. The molecule has 138 valence electrons. The summed E-state index contributed by atoms with van der Waals surface area (Å²) in [7, 11) is 0. The molecule has 0 N–H and O–H groups in total. The van der Waals surface area contributed by atoms with Gasteiger partial charge in [0.15, 0.2) is 5.82 Å². The molecule has 0 unspecified atom stereocenters. The van der Waals surface area contributed by atoms with Gasteiger partial charge in [-0.05, 0) is 37.7 Å². The topological polar surface area (TPSA) is 68.5 Å². The van der Waals surface area contributed by atoms with Crippen LogP contribution in [-0.4, -0.2) is 40.1 Å². The van der Waals surface area contributed by atoms with Crippen molar-refractivity contribution in [3.8, 4) is 0 Å². The van der Waals surface area contributed by atoms with E-state index in [1.165, 1.54) is 5.56 Å². The van der Waals surface area contributed by atoms with Gasteiger partial charge >= 0.3 is 0 Å². The Morgan fingerprint density at radius 2 is 2.08 bits per heavy atom. The first kappa shape index (κ1) is 17.2. The Kier molecular flexibility index (Phi) is 5.29. The van der Waals surface area contributed by atoms with Crippen LogP contribution in [0.1, 0.15) is 55.3 Å². The average Bonchev–Trinajstić information content (AvgIpc) is 3.44. The van der Waals surface area contributed by atoms with Crippen LogP contribution in [0.5, 0.6) is 0 Å². The van der Waals surface area contributed by atoms with Crippen LogP contribution in [-0.2, 0) is 22.6 Å². The van der Waals surface area contributed by atoms with Crippen LogP contribution >= 0.6 is 0 Å². The van der Waals surface area contributed by atoms with Gasteiger partial charge in [-0.2, -0.15) is 4.98 Å². The van der Waals surface area contributed by atoms with E-state index in [-0.39, 0.29) is 12.0 Å². The van der Waals surface area contributed by atoms with Crippen molar-refractivity contribution in [1.29, 1.82) is 0 Å². The van der Waals surface area contributed by atoms with E-state index in [0.29, 0.717) is 31.4 Å². The zero-order valence-corrected chi connectivity index (χ0v) is 15.0. The molecular weight excluding hydrogens is 330 g/mol. The van der Waals surface area contributed by atoms with E-state index >= 15 is 0 Å². The maximum atomic E-state index is 12.5. The number of nitrogens with zero attached hydrogens (tertiary/aromatic N) is 3. The maximum absolute atomic E-state index is 12.5. The van der Waals surface area contributed by atoms with Gasteiger partial charge in [0.2, 0.25) is 5.91 Å². The molecule has 6 nitrogen and oxygen atoms in total. The molecular formula is C20H25N3O3. The van der Waals surface area contributed by atoms with E-state index in [1.807, 2.05) is 23.1 Å². The molecule has 2 heterocycles. The van der Waals surface area contributed by atoms with Gasteiger partial charge in [0, 0.05) is 25.4 Å². The summed E-state index contributed by atoms with van der Waals surface area (Å²) in [6.45, 7) is 1.80. The summed E-state index contributed by atoms with van der Waals surface area (Å²) in [5.74, 6) is 2.04. The molecule has 26 heavy (non-hydrogen) atoms. The zero-order valence-electron chi connectivity index (χ0n) is 15.0. The minimum Gasteiger partial charge on any atom is -0.367 e. The molecule has 0 spiro atoms. The number of carbonyl (C=O) groups excluding carboxylic acids is 1. The Bertz CT molecular complexity index is 727. The fraction of sp³-hybridized carbons (Fsp3) is 0.550. The summed E-state index contributed by atoms with van der Waals surface area (Å²) in [5, 5.41) is 4.01. The van der Waals surface area contributed by atoms with Crippen molar-refractivity contribution in [2.24, 2.45) is 0 Å². The van der Waals surface area contributed by atoms with Crippen molar-refractivity contribution in [2.75, 3.05) is 13.1 Å².